The number of fused-ring (bicyclic) bond motifs is 2. The largest absolute Gasteiger partial charge is 0.489 e. The van der Waals surface area contributed by atoms with E-state index in [-0.39, 0.29) is 0 Å². The van der Waals surface area contributed by atoms with Gasteiger partial charge in [0.15, 0.2) is 5.41 Å². The topological polar surface area (TPSA) is 123 Å². The van der Waals surface area contributed by atoms with Crippen LogP contribution in [0.2, 0.25) is 0 Å². The summed E-state index contributed by atoms with van der Waals surface area (Å²) in [6.07, 6.45) is -0.837. The summed E-state index contributed by atoms with van der Waals surface area (Å²) in [6.45, 7) is 2.18. The highest BCUT2D eigenvalue weighted by atomic mass is 16.7. The molecule has 5 rings (SSSR count). The Balaban J connectivity index is 1.65. The summed E-state index contributed by atoms with van der Waals surface area (Å²) < 4.78 is 18.7. The number of hydrogen-bond donors (Lipinski definition) is 1. The van der Waals surface area contributed by atoms with Crippen LogP contribution in [0.5, 0.6) is 5.75 Å². The van der Waals surface area contributed by atoms with Gasteiger partial charge in [0, 0.05) is 5.56 Å². The van der Waals surface area contributed by atoms with E-state index in [1.54, 1.807) is 24.3 Å². The van der Waals surface area contributed by atoms with Crippen molar-refractivity contribution in [3.8, 4) is 24.0 Å². The highest BCUT2D eigenvalue weighted by molar-refractivity contribution is 5.89. The van der Waals surface area contributed by atoms with E-state index < -0.39 is 34.5 Å². The number of rotatable bonds is 6. The molecule has 2 fully saturated rings. The summed E-state index contributed by atoms with van der Waals surface area (Å²) in [7, 11) is 0. The van der Waals surface area contributed by atoms with Crippen LogP contribution in [0.15, 0.2) is 84.9 Å². The molecule has 0 saturated carbocycles. The second-order valence-electron chi connectivity index (χ2n) is 9.22. The molecule has 2 aliphatic rings. The fourth-order valence-electron chi connectivity index (χ4n) is 5.71. The molecule has 3 aromatic rings. The van der Waals surface area contributed by atoms with Gasteiger partial charge in [-0.3, -0.25) is 5.41 Å². The molecule has 4 unspecified atom stereocenters. The quantitative estimate of drug-likeness (QED) is 0.470. The third-order valence-electron chi connectivity index (χ3n) is 7.42. The van der Waals surface area contributed by atoms with E-state index in [2.05, 4.69) is 18.2 Å². The van der Waals surface area contributed by atoms with Crippen LogP contribution in [0.4, 0.5) is 0 Å². The molecular weight excluding hydrogens is 464 g/mol. The molecule has 0 radical (unpaired) electrons. The zero-order valence-corrected chi connectivity index (χ0v) is 20.2. The molecule has 1 N–H and O–H groups in total. The summed E-state index contributed by atoms with van der Waals surface area (Å²) in [4.78, 5) is 0. The monoisotopic (exact) mass is 488 g/mol. The highest BCUT2D eigenvalue weighted by Gasteiger charge is 2.80. The standard InChI is InChI=1S/C30H24N4O3/c1-2-25-29(20-33)27(34)37-30(25,23-13-7-4-8-14-23)36-26(28(29,18-31)19-32)22-12-9-15-24(16-22)35-17-21-10-5-3-6-11-21/h3-16,25-26,34H,2,17H2,1H3. The lowest BCUT2D eigenvalue weighted by Crippen LogP contribution is -2.58. The molecule has 2 heterocycles. The van der Waals surface area contributed by atoms with Gasteiger partial charge >= 0.3 is 0 Å². The second kappa shape index (κ2) is 9.10. The summed E-state index contributed by atoms with van der Waals surface area (Å²) >= 11 is 0. The van der Waals surface area contributed by atoms with Crippen LogP contribution in [-0.4, -0.2) is 5.90 Å². The Hall–Kier alpha value is -4.64. The number of nitrogens with zero attached hydrogens (tertiary/aromatic N) is 3. The predicted octanol–water partition coefficient (Wildman–Crippen LogP) is 5.77. The Bertz CT molecular complexity index is 1440. The van der Waals surface area contributed by atoms with E-state index in [4.69, 9.17) is 19.6 Å². The zero-order chi connectivity index (χ0) is 26.1. The van der Waals surface area contributed by atoms with E-state index in [9.17, 15) is 15.8 Å². The normalized spacial score (nSPS) is 27.2. The molecule has 182 valence electrons. The maximum atomic E-state index is 10.6. The fourth-order valence-corrected chi connectivity index (χ4v) is 5.71. The molecule has 4 atom stereocenters. The van der Waals surface area contributed by atoms with Crippen LogP contribution in [0.3, 0.4) is 0 Å². The Kier molecular flexibility index (Phi) is 5.92. The van der Waals surface area contributed by atoms with E-state index in [0.29, 0.717) is 29.9 Å². The Morgan fingerprint density at radius 2 is 1.57 bits per heavy atom. The first kappa shape index (κ1) is 24.1. The number of benzene rings is 3. The minimum absolute atomic E-state index is 0.333. The van der Waals surface area contributed by atoms with Gasteiger partial charge < -0.3 is 14.2 Å². The molecule has 0 aromatic heterocycles. The molecular formula is C30H24N4O3. The van der Waals surface area contributed by atoms with Crippen LogP contribution in [0.25, 0.3) is 0 Å². The lowest BCUT2D eigenvalue weighted by atomic mass is 9.52. The first-order valence-electron chi connectivity index (χ1n) is 12.0. The number of nitrogens with one attached hydrogen (secondary N) is 1. The number of nitriles is 3. The van der Waals surface area contributed by atoms with Crippen molar-refractivity contribution in [3.05, 3.63) is 102 Å². The smallest absolute Gasteiger partial charge is 0.244 e. The maximum absolute atomic E-state index is 10.6. The van der Waals surface area contributed by atoms with Crippen molar-refractivity contribution in [2.45, 2.75) is 31.8 Å². The highest BCUT2D eigenvalue weighted by Crippen LogP contribution is 2.69. The Morgan fingerprint density at radius 1 is 0.892 bits per heavy atom. The molecule has 7 nitrogen and oxygen atoms in total. The molecule has 7 heteroatoms. The minimum atomic E-state index is -2.04. The van der Waals surface area contributed by atoms with Gasteiger partial charge in [-0.2, -0.15) is 15.8 Å². The van der Waals surface area contributed by atoms with Gasteiger partial charge in [-0.25, -0.2) is 0 Å². The van der Waals surface area contributed by atoms with Gasteiger partial charge in [0.2, 0.25) is 17.1 Å². The SMILES string of the molecule is CCC1C2(c3ccccc3)OC(=N)C1(C#N)C(C#N)(C#N)C(c1cccc(OCc3ccccc3)c1)O2. The van der Waals surface area contributed by atoms with Crippen molar-refractivity contribution in [1.29, 1.82) is 21.2 Å². The molecule has 2 saturated heterocycles. The first-order chi connectivity index (χ1) is 18.0. The molecule has 3 aromatic carbocycles. The van der Waals surface area contributed by atoms with Gasteiger partial charge in [-0.15, -0.1) is 0 Å². The van der Waals surface area contributed by atoms with Gasteiger partial charge in [-0.1, -0.05) is 79.7 Å². The van der Waals surface area contributed by atoms with Crippen molar-refractivity contribution in [2.75, 3.05) is 0 Å². The Labute approximate surface area is 215 Å². The van der Waals surface area contributed by atoms with E-state index in [1.807, 2.05) is 67.6 Å². The molecule has 2 aliphatic heterocycles. The lowest BCUT2D eigenvalue weighted by molar-refractivity contribution is -0.292. The van der Waals surface area contributed by atoms with Crippen LogP contribution >= 0.6 is 0 Å². The second-order valence-corrected chi connectivity index (χ2v) is 9.22. The Morgan fingerprint density at radius 3 is 2.19 bits per heavy atom. The van der Waals surface area contributed by atoms with Crippen molar-refractivity contribution in [2.24, 2.45) is 16.7 Å². The fraction of sp³-hybridized carbons (Fsp3) is 0.267. The molecule has 0 spiro atoms. The summed E-state index contributed by atoms with van der Waals surface area (Å²) in [6, 6.07) is 32.2. The van der Waals surface area contributed by atoms with E-state index in [0.717, 1.165) is 5.56 Å². The third-order valence-corrected chi connectivity index (χ3v) is 7.42. The van der Waals surface area contributed by atoms with Crippen LogP contribution in [0, 0.1) is 56.2 Å². The van der Waals surface area contributed by atoms with Gasteiger partial charge in [-0.05, 0) is 29.7 Å². The lowest BCUT2D eigenvalue weighted by Gasteiger charge is -2.49. The average molecular weight is 489 g/mol. The van der Waals surface area contributed by atoms with Crippen LogP contribution in [0.1, 0.15) is 36.1 Å². The third kappa shape index (κ3) is 3.31. The van der Waals surface area contributed by atoms with E-state index >= 15 is 0 Å². The van der Waals surface area contributed by atoms with Gasteiger partial charge in [0.25, 0.3) is 0 Å². The first-order valence-corrected chi connectivity index (χ1v) is 12.0. The van der Waals surface area contributed by atoms with Gasteiger partial charge in [0.05, 0.1) is 24.1 Å². The van der Waals surface area contributed by atoms with Gasteiger partial charge in [0.1, 0.15) is 18.5 Å². The minimum Gasteiger partial charge on any atom is -0.489 e. The molecule has 0 aliphatic carbocycles. The van der Waals surface area contributed by atoms with Crippen molar-refractivity contribution < 1.29 is 14.2 Å². The maximum Gasteiger partial charge on any atom is 0.244 e. The zero-order valence-electron chi connectivity index (χ0n) is 20.2. The summed E-state index contributed by atoms with van der Waals surface area (Å²) in [5, 5.41) is 40.4. The molecule has 37 heavy (non-hydrogen) atoms. The van der Waals surface area contributed by atoms with Crippen LogP contribution < -0.4 is 4.74 Å². The predicted molar refractivity (Wildman–Crippen MR) is 133 cm³/mol. The van der Waals surface area contributed by atoms with E-state index in [1.165, 1.54) is 0 Å². The van der Waals surface area contributed by atoms with Crippen molar-refractivity contribution in [3.63, 3.8) is 0 Å². The summed E-state index contributed by atoms with van der Waals surface area (Å²) in [5.41, 5.74) is -1.78. The molecule has 0 amide bonds. The van der Waals surface area contributed by atoms with Crippen molar-refractivity contribution >= 4 is 5.90 Å². The molecule has 2 bridgehead atoms. The average Bonchev–Trinajstić information content (AvgIpc) is 3.16. The summed E-state index contributed by atoms with van der Waals surface area (Å²) in [5.74, 6) is -2.16. The van der Waals surface area contributed by atoms with Crippen LogP contribution in [-0.2, 0) is 21.9 Å². The number of hydrogen-bond acceptors (Lipinski definition) is 7. The van der Waals surface area contributed by atoms with Crippen molar-refractivity contribution in [1.82, 2.24) is 0 Å². The number of ether oxygens (including phenoxy) is 3.